The van der Waals surface area contributed by atoms with Gasteiger partial charge in [-0.2, -0.15) is 0 Å². The molecule has 19 heavy (non-hydrogen) atoms. The van der Waals surface area contributed by atoms with Gasteiger partial charge in [0.05, 0.1) is 24.2 Å². The van der Waals surface area contributed by atoms with Crippen LogP contribution in [0, 0.1) is 0 Å². The molecule has 1 heterocycles. The van der Waals surface area contributed by atoms with Crippen LogP contribution >= 0.6 is 0 Å². The van der Waals surface area contributed by atoms with Gasteiger partial charge in [-0.15, -0.1) is 0 Å². The van der Waals surface area contributed by atoms with Gasteiger partial charge in [0, 0.05) is 6.61 Å². The second-order valence-corrected chi connectivity index (χ2v) is 4.55. The number of benzene rings is 1. The van der Waals surface area contributed by atoms with Crippen LogP contribution in [0.15, 0.2) is 24.3 Å². The van der Waals surface area contributed by atoms with Gasteiger partial charge in [0.25, 0.3) is 0 Å². The van der Waals surface area contributed by atoms with Gasteiger partial charge in [-0.1, -0.05) is 12.1 Å². The van der Waals surface area contributed by atoms with E-state index in [9.17, 15) is 9.59 Å². The average Bonchev–Trinajstić information content (AvgIpc) is 2.90. The summed E-state index contributed by atoms with van der Waals surface area (Å²) in [6.45, 7) is 2.90. The molecule has 1 aromatic rings. The van der Waals surface area contributed by atoms with Gasteiger partial charge in [-0.3, -0.25) is 4.79 Å². The summed E-state index contributed by atoms with van der Waals surface area (Å²) in [5, 5.41) is 0. The summed E-state index contributed by atoms with van der Waals surface area (Å²) >= 11 is 0. The van der Waals surface area contributed by atoms with Crippen molar-refractivity contribution in [3.8, 4) is 0 Å². The number of carbonyl (C=O) groups is 2. The van der Waals surface area contributed by atoms with Crippen molar-refractivity contribution in [3.63, 3.8) is 0 Å². The third kappa shape index (κ3) is 2.46. The van der Waals surface area contributed by atoms with E-state index in [1.54, 1.807) is 31.2 Å². The molecule has 2 N–H and O–H groups in total. The first-order valence-electron chi connectivity index (χ1n) is 6.25. The van der Waals surface area contributed by atoms with E-state index in [1.807, 2.05) is 0 Å². The molecule has 102 valence electrons. The second-order valence-electron chi connectivity index (χ2n) is 4.55. The van der Waals surface area contributed by atoms with Crippen LogP contribution in [0.3, 0.4) is 0 Å². The molecule has 5 nitrogen and oxygen atoms in total. The molecule has 0 aromatic heterocycles. The fourth-order valence-electron chi connectivity index (χ4n) is 2.27. The molecule has 1 aliphatic heterocycles. The number of ether oxygens (including phenoxy) is 2. The van der Waals surface area contributed by atoms with Crippen molar-refractivity contribution in [2.75, 3.05) is 19.8 Å². The van der Waals surface area contributed by atoms with Crippen LogP contribution in [-0.2, 0) is 19.7 Å². The highest BCUT2D eigenvalue weighted by molar-refractivity contribution is 5.90. The minimum Gasteiger partial charge on any atom is -0.462 e. The number of nitrogens with two attached hydrogens (primary N) is 1. The third-order valence-corrected chi connectivity index (χ3v) is 3.44. The zero-order valence-corrected chi connectivity index (χ0v) is 10.8. The molecule has 1 saturated heterocycles. The molecule has 1 amide bonds. The lowest BCUT2D eigenvalue weighted by atomic mass is 9.79. The maximum Gasteiger partial charge on any atom is 0.338 e. The van der Waals surface area contributed by atoms with Crippen LogP contribution < -0.4 is 5.73 Å². The molecule has 1 atom stereocenters. The van der Waals surface area contributed by atoms with Crippen LogP contribution in [0.4, 0.5) is 0 Å². The Bertz CT molecular complexity index is 475. The maximum atomic E-state index is 11.7. The Morgan fingerprint density at radius 2 is 2.05 bits per heavy atom. The summed E-state index contributed by atoms with van der Waals surface area (Å²) in [5.74, 6) is -0.765. The van der Waals surface area contributed by atoms with E-state index in [-0.39, 0.29) is 5.97 Å². The lowest BCUT2D eigenvalue weighted by Crippen LogP contribution is -2.41. The first-order valence-corrected chi connectivity index (χ1v) is 6.25. The molecule has 1 fully saturated rings. The molecule has 2 rings (SSSR count). The number of carbonyl (C=O) groups excluding carboxylic acids is 2. The molecular weight excluding hydrogens is 246 g/mol. The van der Waals surface area contributed by atoms with Crippen molar-refractivity contribution in [2.24, 2.45) is 5.73 Å². The Kier molecular flexibility index (Phi) is 3.85. The molecule has 0 saturated carbocycles. The van der Waals surface area contributed by atoms with Gasteiger partial charge in [-0.05, 0) is 31.0 Å². The molecule has 0 radical (unpaired) electrons. The first-order chi connectivity index (χ1) is 9.10. The third-order valence-electron chi connectivity index (χ3n) is 3.44. The Hall–Kier alpha value is -1.88. The van der Waals surface area contributed by atoms with Crippen LogP contribution in [0.2, 0.25) is 0 Å². The zero-order valence-electron chi connectivity index (χ0n) is 10.8. The SMILES string of the molecule is CCOC(=O)c1ccc(C2(C(N)=O)CCOC2)cc1. The summed E-state index contributed by atoms with van der Waals surface area (Å²) < 4.78 is 10.2. The van der Waals surface area contributed by atoms with Crippen molar-refractivity contribution in [1.82, 2.24) is 0 Å². The van der Waals surface area contributed by atoms with Crippen LogP contribution in [0.25, 0.3) is 0 Å². The second kappa shape index (κ2) is 5.40. The first kappa shape index (κ1) is 13.5. The van der Waals surface area contributed by atoms with Crippen LogP contribution in [-0.4, -0.2) is 31.7 Å². The summed E-state index contributed by atoms with van der Waals surface area (Å²) in [7, 11) is 0. The quantitative estimate of drug-likeness (QED) is 0.822. The number of amides is 1. The van der Waals surface area contributed by atoms with Gasteiger partial charge in [0.2, 0.25) is 5.91 Å². The van der Waals surface area contributed by atoms with Crippen molar-refractivity contribution < 1.29 is 19.1 Å². The number of rotatable bonds is 4. The molecule has 1 unspecified atom stereocenters. The lowest BCUT2D eigenvalue weighted by molar-refractivity contribution is -0.123. The smallest absolute Gasteiger partial charge is 0.338 e. The molecule has 0 bridgehead atoms. The molecule has 1 aromatic carbocycles. The normalized spacial score (nSPS) is 22.2. The van der Waals surface area contributed by atoms with Gasteiger partial charge in [-0.25, -0.2) is 4.79 Å². The highest BCUT2D eigenvalue weighted by Gasteiger charge is 2.42. The monoisotopic (exact) mass is 263 g/mol. The van der Waals surface area contributed by atoms with E-state index in [4.69, 9.17) is 15.2 Å². The number of primary amides is 1. The predicted octanol–water partition coefficient (Wildman–Crippen LogP) is 1.01. The summed E-state index contributed by atoms with van der Waals surface area (Å²) in [5.41, 5.74) is 5.97. The zero-order chi connectivity index (χ0) is 13.9. The van der Waals surface area contributed by atoms with E-state index >= 15 is 0 Å². The highest BCUT2D eigenvalue weighted by atomic mass is 16.5. The van der Waals surface area contributed by atoms with Gasteiger partial charge < -0.3 is 15.2 Å². The average molecular weight is 263 g/mol. The van der Waals surface area contributed by atoms with Gasteiger partial charge in [0.15, 0.2) is 0 Å². The Morgan fingerprint density at radius 1 is 1.37 bits per heavy atom. The minimum absolute atomic E-state index is 0.293. The number of esters is 1. The highest BCUT2D eigenvalue weighted by Crippen LogP contribution is 2.33. The van der Waals surface area contributed by atoms with Crippen molar-refractivity contribution >= 4 is 11.9 Å². The van der Waals surface area contributed by atoms with Gasteiger partial charge >= 0.3 is 5.97 Å². The predicted molar refractivity (Wildman–Crippen MR) is 68.7 cm³/mol. The van der Waals surface area contributed by atoms with E-state index < -0.39 is 11.3 Å². The molecule has 1 aliphatic rings. The van der Waals surface area contributed by atoms with E-state index in [1.165, 1.54) is 0 Å². The maximum absolute atomic E-state index is 11.7. The van der Waals surface area contributed by atoms with Crippen molar-refractivity contribution in [1.29, 1.82) is 0 Å². The Balaban J connectivity index is 2.26. The van der Waals surface area contributed by atoms with E-state index in [2.05, 4.69) is 0 Å². The largest absolute Gasteiger partial charge is 0.462 e. The molecular formula is C14H17NO4. The Morgan fingerprint density at radius 3 is 2.53 bits per heavy atom. The van der Waals surface area contributed by atoms with Crippen molar-refractivity contribution in [2.45, 2.75) is 18.8 Å². The summed E-state index contributed by atoms with van der Waals surface area (Å²) in [4.78, 5) is 23.2. The van der Waals surface area contributed by atoms with Crippen LogP contribution in [0.1, 0.15) is 29.3 Å². The molecule has 5 heteroatoms. The van der Waals surface area contributed by atoms with E-state index in [0.717, 1.165) is 5.56 Å². The summed E-state index contributed by atoms with van der Waals surface area (Å²) in [6, 6.07) is 6.78. The van der Waals surface area contributed by atoms with Crippen LogP contribution in [0.5, 0.6) is 0 Å². The minimum atomic E-state index is -0.771. The lowest BCUT2D eigenvalue weighted by Gasteiger charge is -2.23. The number of hydrogen-bond donors (Lipinski definition) is 1. The standard InChI is InChI=1S/C14H17NO4/c1-2-19-12(16)10-3-5-11(6-4-10)14(13(15)17)7-8-18-9-14/h3-6H,2,7-9H2,1H3,(H2,15,17). The molecule has 0 aliphatic carbocycles. The molecule has 0 spiro atoms. The fraction of sp³-hybridized carbons (Fsp3) is 0.429. The fourth-order valence-corrected chi connectivity index (χ4v) is 2.27. The number of hydrogen-bond acceptors (Lipinski definition) is 4. The topological polar surface area (TPSA) is 78.6 Å². The Labute approximate surface area is 111 Å². The van der Waals surface area contributed by atoms with Crippen molar-refractivity contribution in [3.05, 3.63) is 35.4 Å². The van der Waals surface area contributed by atoms with Gasteiger partial charge in [0.1, 0.15) is 0 Å². The summed E-state index contributed by atoms with van der Waals surface area (Å²) in [6.07, 6.45) is 0.571. The van der Waals surface area contributed by atoms with E-state index in [0.29, 0.717) is 31.8 Å².